The van der Waals surface area contributed by atoms with E-state index in [2.05, 4.69) is 6.07 Å². The minimum absolute atomic E-state index is 0. The number of carboxylic acid groups (broad SMARTS) is 1. The zero-order chi connectivity index (χ0) is 17.1. The molecule has 0 amide bonds. The van der Waals surface area contributed by atoms with Gasteiger partial charge in [0.05, 0.1) is 5.41 Å². The fourth-order valence-corrected chi connectivity index (χ4v) is 1.78. The van der Waals surface area contributed by atoms with Gasteiger partial charge in [-0.3, -0.25) is 4.79 Å². The van der Waals surface area contributed by atoms with E-state index in [1.165, 1.54) is 0 Å². The molecule has 0 saturated carbocycles. The maximum absolute atomic E-state index is 11.0. The van der Waals surface area contributed by atoms with Crippen LogP contribution in [0.4, 0.5) is 0 Å². The van der Waals surface area contributed by atoms with Crippen LogP contribution >= 0.6 is 0 Å². The van der Waals surface area contributed by atoms with Crippen LogP contribution in [0.1, 0.15) is 59.1 Å². The minimum Gasteiger partial charge on any atom is -0.481 e. The van der Waals surface area contributed by atoms with E-state index >= 15 is 0 Å². The average molecular weight is 383 g/mol. The van der Waals surface area contributed by atoms with Gasteiger partial charge < -0.3 is 10.8 Å². The summed E-state index contributed by atoms with van der Waals surface area (Å²) in [5.41, 5.74) is 7.41. The number of rotatable bonds is 5. The molecule has 0 aliphatic heterocycles. The molecule has 0 heterocycles. The molecule has 0 unspecified atom stereocenters. The van der Waals surface area contributed by atoms with E-state index in [-0.39, 0.29) is 38.8 Å². The first kappa shape index (κ1) is 26.6. The van der Waals surface area contributed by atoms with Crippen LogP contribution in [0.5, 0.6) is 0 Å². The Kier molecular flexibility index (Phi) is 17.4. The molecule has 0 bridgehead atoms. The van der Waals surface area contributed by atoms with E-state index < -0.39 is 11.4 Å². The quantitative estimate of drug-likeness (QED) is 0.749. The molecule has 3 nitrogen and oxygen atoms in total. The first-order valence-electron chi connectivity index (χ1n) is 7.77. The van der Waals surface area contributed by atoms with E-state index in [1.807, 2.05) is 52.8 Å². The van der Waals surface area contributed by atoms with E-state index in [1.54, 1.807) is 13.8 Å². The van der Waals surface area contributed by atoms with Gasteiger partial charge in [-0.25, -0.2) is 0 Å². The zero-order valence-corrected chi connectivity index (χ0v) is 18.1. The molecule has 0 aliphatic carbocycles. The molecule has 0 aliphatic rings. The van der Waals surface area contributed by atoms with Crippen LogP contribution in [0.15, 0.2) is 18.2 Å². The van der Waals surface area contributed by atoms with Crippen LogP contribution < -0.4 is 5.73 Å². The molecule has 0 saturated heterocycles. The molecule has 0 spiro atoms. The van der Waals surface area contributed by atoms with Crippen LogP contribution in [0.25, 0.3) is 0 Å². The van der Waals surface area contributed by atoms with Gasteiger partial charge in [-0.05, 0) is 26.3 Å². The zero-order valence-electron chi connectivity index (χ0n) is 15.2. The smallest absolute Gasteiger partial charge is 0.309 e. The summed E-state index contributed by atoms with van der Waals surface area (Å²) in [6, 6.07) is 8.90. The molecular formula is C18H32NO2Y-. The Bertz CT molecular complexity index is 389. The molecule has 22 heavy (non-hydrogen) atoms. The van der Waals surface area contributed by atoms with Crippen molar-refractivity contribution in [1.29, 1.82) is 0 Å². The Balaban J connectivity index is -0.000000665. The van der Waals surface area contributed by atoms with E-state index in [0.29, 0.717) is 12.8 Å². The summed E-state index contributed by atoms with van der Waals surface area (Å²) in [5.74, 6) is -0.802. The summed E-state index contributed by atoms with van der Waals surface area (Å²) in [6.45, 7) is 13.4. The molecule has 3 N–H and O–H groups in total. The number of aryl methyl sites for hydroxylation is 1. The van der Waals surface area contributed by atoms with Gasteiger partial charge in [0.2, 0.25) is 0 Å². The van der Waals surface area contributed by atoms with Gasteiger partial charge >= 0.3 is 5.97 Å². The van der Waals surface area contributed by atoms with Crippen molar-refractivity contribution >= 4 is 5.97 Å². The normalized spacial score (nSPS) is 10.9. The first-order chi connectivity index (χ1) is 9.81. The number of hydrogen-bond donors (Lipinski definition) is 2. The van der Waals surface area contributed by atoms with Crippen molar-refractivity contribution in [3.63, 3.8) is 0 Å². The molecule has 0 fully saturated rings. The third-order valence-electron chi connectivity index (χ3n) is 2.88. The molecular weight excluding hydrogens is 351 g/mol. The van der Waals surface area contributed by atoms with E-state index in [0.717, 1.165) is 11.1 Å². The van der Waals surface area contributed by atoms with Gasteiger partial charge in [0, 0.05) is 32.7 Å². The predicted molar refractivity (Wildman–Crippen MR) is 90.4 cm³/mol. The number of carbonyl (C=O) groups is 1. The van der Waals surface area contributed by atoms with Gasteiger partial charge in [0.15, 0.2) is 0 Å². The molecule has 1 aromatic carbocycles. The van der Waals surface area contributed by atoms with Gasteiger partial charge in [0.1, 0.15) is 0 Å². The van der Waals surface area contributed by atoms with Gasteiger partial charge in [-0.1, -0.05) is 41.0 Å². The summed E-state index contributed by atoms with van der Waals surface area (Å²) < 4.78 is 0. The van der Waals surface area contributed by atoms with Crippen LogP contribution in [0, 0.1) is 18.4 Å². The second-order valence-corrected chi connectivity index (χ2v) is 5.24. The van der Waals surface area contributed by atoms with Crippen molar-refractivity contribution in [2.75, 3.05) is 0 Å². The van der Waals surface area contributed by atoms with Crippen molar-refractivity contribution in [3.8, 4) is 0 Å². The Hall–Kier alpha value is -0.246. The largest absolute Gasteiger partial charge is 0.481 e. The van der Waals surface area contributed by atoms with Crippen LogP contribution in [-0.2, 0) is 43.9 Å². The van der Waals surface area contributed by atoms with Gasteiger partial charge in [0.25, 0.3) is 0 Å². The Morgan fingerprint density at radius 3 is 2.14 bits per heavy atom. The fraction of sp³-hybridized carbons (Fsp3) is 0.611. The number of hydrogen-bond acceptors (Lipinski definition) is 2. The van der Waals surface area contributed by atoms with Crippen molar-refractivity contribution in [2.24, 2.45) is 11.1 Å². The summed E-state index contributed by atoms with van der Waals surface area (Å²) in [7, 11) is 0. The number of nitrogens with two attached hydrogens (primary N) is 1. The SMILES string of the molecule is CC.CC.Cc1[c-]cc(C[C@H](N)CC(C)(C)C(=O)O)cc1.[Y]. The molecule has 4 heteroatoms. The Morgan fingerprint density at radius 2 is 1.77 bits per heavy atom. The Labute approximate surface area is 162 Å². The fourth-order valence-electron chi connectivity index (χ4n) is 1.78. The molecule has 125 valence electrons. The third kappa shape index (κ3) is 11.3. The van der Waals surface area contributed by atoms with Crippen molar-refractivity contribution in [2.45, 2.75) is 67.3 Å². The predicted octanol–water partition coefficient (Wildman–Crippen LogP) is 4.22. The van der Waals surface area contributed by atoms with Gasteiger partial charge in [-0.2, -0.15) is 35.4 Å². The topological polar surface area (TPSA) is 63.3 Å². The standard InChI is InChI=1S/C14H20NO2.2C2H6.Y/c1-10-4-6-11(7-5-10)8-12(15)9-14(2,3)13(16)17;2*1-2;/h4,6-7,12H,8-9,15H2,1-3H3,(H,16,17);2*1-2H3;/q-1;;;/t12-;;;/m0.../s1. The number of aliphatic carboxylic acids is 1. The summed E-state index contributed by atoms with van der Waals surface area (Å²) in [5, 5.41) is 9.03. The first-order valence-corrected chi connectivity index (χ1v) is 7.77. The summed E-state index contributed by atoms with van der Waals surface area (Å²) >= 11 is 0. The molecule has 0 aromatic heterocycles. The second-order valence-electron chi connectivity index (χ2n) is 5.24. The monoisotopic (exact) mass is 383 g/mol. The van der Waals surface area contributed by atoms with E-state index in [4.69, 9.17) is 10.8 Å². The minimum atomic E-state index is -0.802. The second kappa shape index (κ2) is 14.4. The van der Waals surface area contributed by atoms with Crippen molar-refractivity contribution < 1.29 is 42.6 Å². The number of benzene rings is 1. The number of carboxylic acids is 1. The van der Waals surface area contributed by atoms with Crippen LogP contribution in [0.3, 0.4) is 0 Å². The van der Waals surface area contributed by atoms with Crippen molar-refractivity contribution in [3.05, 3.63) is 35.4 Å². The van der Waals surface area contributed by atoms with E-state index in [9.17, 15) is 4.79 Å². The molecule has 1 radical (unpaired) electrons. The van der Waals surface area contributed by atoms with Crippen LogP contribution in [0.2, 0.25) is 0 Å². The average Bonchev–Trinajstić information content (AvgIpc) is 2.45. The van der Waals surface area contributed by atoms with Crippen LogP contribution in [-0.4, -0.2) is 17.1 Å². The summed E-state index contributed by atoms with van der Waals surface area (Å²) in [6.07, 6.45) is 1.16. The maximum Gasteiger partial charge on any atom is 0.309 e. The maximum atomic E-state index is 11.0. The van der Waals surface area contributed by atoms with Crippen molar-refractivity contribution in [1.82, 2.24) is 0 Å². The summed E-state index contributed by atoms with van der Waals surface area (Å²) in [4.78, 5) is 11.0. The Morgan fingerprint density at radius 1 is 1.27 bits per heavy atom. The molecule has 1 aromatic rings. The molecule has 1 atom stereocenters. The third-order valence-corrected chi connectivity index (χ3v) is 2.88. The molecule has 1 rings (SSSR count). The van der Waals surface area contributed by atoms with Gasteiger partial charge in [-0.15, -0.1) is 0 Å².